The number of rotatable bonds is 10. The first kappa shape index (κ1) is 24.0. The number of hydrogen-bond donors (Lipinski definition) is 4. The Balaban J connectivity index is 1.21. The summed E-state index contributed by atoms with van der Waals surface area (Å²) in [7, 11) is 0. The summed E-state index contributed by atoms with van der Waals surface area (Å²) >= 11 is 0. The summed E-state index contributed by atoms with van der Waals surface area (Å²) in [5.41, 5.74) is 3.42. The molecule has 3 aromatic rings. The molecule has 0 aliphatic carbocycles. The minimum absolute atomic E-state index is 0.0313. The highest BCUT2D eigenvalue weighted by atomic mass is 16.5. The molecule has 1 saturated heterocycles. The van der Waals surface area contributed by atoms with E-state index in [1.54, 1.807) is 12.1 Å². The van der Waals surface area contributed by atoms with Crippen molar-refractivity contribution in [2.24, 2.45) is 0 Å². The fourth-order valence-electron chi connectivity index (χ4n) is 3.94. The van der Waals surface area contributed by atoms with Crippen LogP contribution in [0.1, 0.15) is 22.8 Å². The summed E-state index contributed by atoms with van der Waals surface area (Å²) in [5.74, 6) is 1.63. The summed E-state index contributed by atoms with van der Waals surface area (Å²) in [5, 5.41) is 32.5. The summed E-state index contributed by atoms with van der Waals surface area (Å²) in [6.45, 7) is 4.20. The van der Waals surface area contributed by atoms with Crippen LogP contribution in [0.2, 0.25) is 0 Å². The average molecular weight is 465 g/mol. The van der Waals surface area contributed by atoms with Crippen LogP contribution < -0.4 is 15.0 Å². The molecule has 0 bridgehead atoms. The van der Waals surface area contributed by atoms with Gasteiger partial charge in [0, 0.05) is 30.9 Å². The van der Waals surface area contributed by atoms with Crippen molar-refractivity contribution in [3.8, 4) is 17.2 Å². The molecular formula is C27H32N2O5. The topological polar surface area (TPSA) is 94.4 Å². The molecule has 34 heavy (non-hydrogen) atoms. The molecular weight excluding hydrogens is 432 g/mol. The fourth-order valence-corrected chi connectivity index (χ4v) is 3.94. The van der Waals surface area contributed by atoms with E-state index in [1.807, 2.05) is 36.4 Å². The van der Waals surface area contributed by atoms with Gasteiger partial charge in [0.05, 0.1) is 25.9 Å². The average Bonchev–Trinajstić information content (AvgIpc) is 2.88. The lowest BCUT2D eigenvalue weighted by molar-refractivity contribution is 0.122. The van der Waals surface area contributed by atoms with E-state index in [4.69, 9.17) is 9.47 Å². The third kappa shape index (κ3) is 6.48. The normalized spacial score (nSPS) is 14.7. The van der Waals surface area contributed by atoms with Crippen LogP contribution >= 0.6 is 0 Å². The van der Waals surface area contributed by atoms with Gasteiger partial charge >= 0.3 is 0 Å². The molecule has 0 aromatic heterocycles. The zero-order chi connectivity index (χ0) is 23.8. The molecule has 1 aliphatic rings. The third-order valence-electron chi connectivity index (χ3n) is 5.96. The minimum Gasteiger partial charge on any atom is -0.508 e. The van der Waals surface area contributed by atoms with Crippen molar-refractivity contribution in [1.29, 1.82) is 0 Å². The second-order valence-electron chi connectivity index (χ2n) is 8.36. The van der Waals surface area contributed by atoms with E-state index in [2.05, 4.69) is 22.3 Å². The van der Waals surface area contributed by atoms with E-state index in [1.165, 1.54) is 17.3 Å². The number of aliphatic hydroxyl groups excluding tert-OH is 2. The second-order valence-corrected chi connectivity index (χ2v) is 8.36. The Bertz CT molecular complexity index is 1030. The van der Waals surface area contributed by atoms with E-state index >= 15 is 0 Å². The standard InChI is InChI=1S/C27H32N2O5/c30-19-22-17-21(3-10-26(22)31)27(32)18-28-12-11-20-1-6-24(7-2-20)34-25-8-4-23(5-9-25)29-13-15-33-16-14-29/h1-10,17,27-28,30-32H,11-16,18-19H2/t27-/m0/s1. The number of nitrogens with zero attached hydrogens (tertiary/aromatic N) is 1. The smallest absolute Gasteiger partial charge is 0.127 e. The van der Waals surface area contributed by atoms with Gasteiger partial charge in [-0.2, -0.15) is 0 Å². The lowest BCUT2D eigenvalue weighted by Gasteiger charge is -2.28. The van der Waals surface area contributed by atoms with Gasteiger partial charge in [0.15, 0.2) is 0 Å². The Morgan fingerprint density at radius 1 is 0.941 bits per heavy atom. The van der Waals surface area contributed by atoms with Gasteiger partial charge in [-0.3, -0.25) is 0 Å². The molecule has 4 N–H and O–H groups in total. The predicted octanol–water partition coefficient (Wildman–Crippen LogP) is 3.38. The highest BCUT2D eigenvalue weighted by Gasteiger charge is 2.12. The lowest BCUT2D eigenvalue weighted by Crippen LogP contribution is -2.36. The van der Waals surface area contributed by atoms with Crippen molar-refractivity contribution in [2.75, 3.05) is 44.3 Å². The molecule has 180 valence electrons. The Hall–Kier alpha value is -3.10. The van der Waals surface area contributed by atoms with Crippen LogP contribution in [-0.2, 0) is 17.8 Å². The van der Waals surface area contributed by atoms with E-state index in [9.17, 15) is 15.3 Å². The van der Waals surface area contributed by atoms with Crippen LogP contribution in [-0.4, -0.2) is 54.7 Å². The molecule has 0 saturated carbocycles. The number of phenols is 1. The number of morpholine rings is 1. The molecule has 7 nitrogen and oxygen atoms in total. The first-order chi connectivity index (χ1) is 16.6. The van der Waals surface area contributed by atoms with Gasteiger partial charge < -0.3 is 35.0 Å². The maximum atomic E-state index is 10.3. The quantitative estimate of drug-likeness (QED) is 0.342. The molecule has 1 fully saturated rings. The number of aromatic hydroxyl groups is 1. The van der Waals surface area contributed by atoms with E-state index < -0.39 is 6.10 Å². The molecule has 4 rings (SSSR count). The van der Waals surface area contributed by atoms with Crippen molar-refractivity contribution in [3.05, 3.63) is 83.4 Å². The van der Waals surface area contributed by atoms with Crippen LogP contribution in [0.3, 0.4) is 0 Å². The highest BCUT2D eigenvalue weighted by molar-refractivity contribution is 5.50. The number of aliphatic hydroxyl groups is 2. The van der Waals surface area contributed by atoms with Crippen molar-refractivity contribution in [1.82, 2.24) is 5.32 Å². The summed E-state index contributed by atoms with van der Waals surface area (Å²) < 4.78 is 11.4. The molecule has 0 unspecified atom stereocenters. The largest absolute Gasteiger partial charge is 0.508 e. The molecule has 0 radical (unpaired) electrons. The number of benzene rings is 3. The fraction of sp³-hybridized carbons (Fsp3) is 0.333. The molecule has 3 aromatic carbocycles. The van der Waals surface area contributed by atoms with E-state index in [-0.39, 0.29) is 12.4 Å². The Kier molecular flexibility index (Phi) is 8.38. The number of nitrogens with one attached hydrogen (secondary N) is 1. The summed E-state index contributed by atoms with van der Waals surface area (Å²) in [6.07, 6.45) is 0.106. The predicted molar refractivity (Wildman–Crippen MR) is 132 cm³/mol. The van der Waals surface area contributed by atoms with Gasteiger partial charge in [-0.1, -0.05) is 18.2 Å². The molecule has 1 aliphatic heterocycles. The van der Waals surface area contributed by atoms with Crippen LogP contribution in [0.15, 0.2) is 66.7 Å². The van der Waals surface area contributed by atoms with Gasteiger partial charge in [0.2, 0.25) is 0 Å². The van der Waals surface area contributed by atoms with Crippen LogP contribution in [0, 0.1) is 0 Å². The Labute approximate surface area is 200 Å². The van der Waals surface area contributed by atoms with Gasteiger partial charge in [0.1, 0.15) is 17.2 Å². The van der Waals surface area contributed by atoms with Crippen molar-refractivity contribution in [3.63, 3.8) is 0 Å². The van der Waals surface area contributed by atoms with Gasteiger partial charge in [-0.15, -0.1) is 0 Å². The molecule has 1 heterocycles. The van der Waals surface area contributed by atoms with Crippen molar-refractivity contribution in [2.45, 2.75) is 19.1 Å². The summed E-state index contributed by atoms with van der Waals surface area (Å²) in [4.78, 5) is 2.31. The monoisotopic (exact) mass is 464 g/mol. The molecule has 0 amide bonds. The SMILES string of the molecule is OCc1cc([C@@H](O)CNCCc2ccc(Oc3ccc(N4CCOCC4)cc3)cc2)ccc1O. The first-order valence-electron chi connectivity index (χ1n) is 11.6. The first-order valence-corrected chi connectivity index (χ1v) is 11.6. The maximum Gasteiger partial charge on any atom is 0.127 e. The minimum atomic E-state index is -0.712. The number of anilines is 1. The molecule has 1 atom stereocenters. The van der Waals surface area contributed by atoms with Crippen LogP contribution in [0.25, 0.3) is 0 Å². The number of hydrogen-bond acceptors (Lipinski definition) is 7. The second kappa shape index (κ2) is 11.9. The number of ether oxygens (including phenoxy) is 2. The maximum absolute atomic E-state index is 10.3. The van der Waals surface area contributed by atoms with Crippen LogP contribution in [0.5, 0.6) is 17.2 Å². The van der Waals surface area contributed by atoms with Crippen molar-refractivity contribution < 1.29 is 24.8 Å². The van der Waals surface area contributed by atoms with Gasteiger partial charge in [-0.25, -0.2) is 0 Å². The van der Waals surface area contributed by atoms with Gasteiger partial charge in [0.25, 0.3) is 0 Å². The Morgan fingerprint density at radius 3 is 2.29 bits per heavy atom. The van der Waals surface area contributed by atoms with E-state index in [0.29, 0.717) is 24.2 Å². The van der Waals surface area contributed by atoms with Crippen LogP contribution in [0.4, 0.5) is 5.69 Å². The summed E-state index contributed by atoms with van der Waals surface area (Å²) in [6, 6.07) is 20.9. The van der Waals surface area contributed by atoms with Gasteiger partial charge in [-0.05, 0) is 72.6 Å². The Morgan fingerprint density at radius 2 is 1.62 bits per heavy atom. The van der Waals surface area contributed by atoms with Crippen molar-refractivity contribution >= 4 is 5.69 Å². The third-order valence-corrected chi connectivity index (χ3v) is 5.96. The zero-order valence-electron chi connectivity index (χ0n) is 19.2. The van der Waals surface area contributed by atoms with E-state index in [0.717, 1.165) is 44.2 Å². The molecule has 7 heteroatoms. The zero-order valence-corrected chi connectivity index (χ0v) is 19.2. The highest BCUT2D eigenvalue weighted by Crippen LogP contribution is 2.25. The lowest BCUT2D eigenvalue weighted by atomic mass is 10.1. The molecule has 0 spiro atoms.